The first-order valence-corrected chi connectivity index (χ1v) is 11.0. The molecule has 2 N–H and O–H groups in total. The maximum absolute atomic E-state index is 12.3. The minimum atomic E-state index is -1.14. The Hall–Kier alpha value is -1.95. The number of benzene rings is 1. The van der Waals surface area contributed by atoms with E-state index in [0.717, 1.165) is 42.9 Å². The molecule has 5 nitrogen and oxygen atoms in total. The number of pyridine rings is 1. The SMILES string of the molecule is CC(C)c1ccc(C(O)(c2cncc(N3CC[C@](C)(O)C3)c2)C2(C)CN(C)C2)cc1. The molecule has 4 rings (SSSR count). The molecule has 2 fully saturated rings. The zero-order valence-corrected chi connectivity index (χ0v) is 18.9. The van der Waals surface area contributed by atoms with E-state index in [0.29, 0.717) is 12.5 Å². The highest BCUT2D eigenvalue weighted by Gasteiger charge is 2.55. The van der Waals surface area contributed by atoms with E-state index in [1.807, 2.05) is 13.1 Å². The summed E-state index contributed by atoms with van der Waals surface area (Å²) in [6.45, 7) is 11.4. The molecule has 2 aliphatic rings. The first-order valence-electron chi connectivity index (χ1n) is 11.0. The highest BCUT2D eigenvalue weighted by Crippen LogP contribution is 2.50. The number of aliphatic hydroxyl groups is 2. The van der Waals surface area contributed by atoms with Crippen molar-refractivity contribution in [1.29, 1.82) is 0 Å². The van der Waals surface area contributed by atoms with E-state index in [1.54, 1.807) is 6.20 Å². The molecule has 2 saturated heterocycles. The molecule has 1 unspecified atom stereocenters. The predicted octanol–water partition coefficient (Wildman–Crippen LogP) is 3.35. The standard InChI is InChI=1S/C25H35N3O2/c1-18(2)19-6-8-20(9-7-19)25(30,23(3)15-27(5)16-23)21-12-22(14-26-13-21)28-11-10-24(4,29)17-28/h6-9,12-14,18,29-30H,10-11,15-17H2,1-5H3/t24-,25?/m0/s1. The number of rotatable bonds is 5. The lowest BCUT2D eigenvalue weighted by Crippen LogP contribution is -2.63. The minimum absolute atomic E-state index is 0.308. The Labute approximate surface area is 180 Å². The third kappa shape index (κ3) is 3.53. The third-order valence-corrected chi connectivity index (χ3v) is 7.06. The van der Waals surface area contributed by atoms with E-state index in [4.69, 9.17) is 0 Å². The van der Waals surface area contributed by atoms with E-state index >= 15 is 0 Å². The van der Waals surface area contributed by atoms with Crippen LogP contribution in [-0.2, 0) is 5.60 Å². The van der Waals surface area contributed by atoms with Crippen LogP contribution in [0.5, 0.6) is 0 Å². The first kappa shape index (κ1) is 21.3. The van der Waals surface area contributed by atoms with Gasteiger partial charge in [-0.2, -0.15) is 0 Å². The van der Waals surface area contributed by atoms with Crippen LogP contribution < -0.4 is 4.90 Å². The van der Waals surface area contributed by atoms with Crippen molar-refractivity contribution in [2.24, 2.45) is 5.41 Å². The van der Waals surface area contributed by atoms with Crippen LogP contribution >= 0.6 is 0 Å². The molecule has 0 saturated carbocycles. The van der Waals surface area contributed by atoms with Crippen molar-refractivity contribution in [3.05, 3.63) is 59.4 Å². The number of anilines is 1. The molecule has 3 heterocycles. The number of hydrogen-bond acceptors (Lipinski definition) is 5. The summed E-state index contributed by atoms with van der Waals surface area (Å²) >= 11 is 0. The Bertz CT molecular complexity index is 903. The van der Waals surface area contributed by atoms with Gasteiger partial charge in [0, 0.05) is 43.4 Å². The normalized spacial score (nSPS) is 25.9. The van der Waals surface area contributed by atoms with Gasteiger partial charge in [-0.3, -0.25) is 4.98 Å². The van der Waals surface area contributed by atoms with E-state index < -0.39 is 11.2 Å². The summed E-state index contributed by atoms with van der Waals surface area (Å²) in [5.41, 5.74) is 1.83. The topological polar surface area (TPSA) is 59.8 Å². The molecular formula is C25H35N3O2. The molecule has 1 aromatic carbocycles. The predicted molar refractivity (Wildman–Crippen MR) is 121 cm³/mol. The van der Waals surface area contributed by atoms with Crippen molar-refractivity contribution < 1.29 is 10.2 Å². The van der Waals surface area contributed by atoms with Gasteiger partial charge in [0.1, 0.15) is 5.60 Å². The number of aromatic nitrogens is 1. The maximum Gasteiger partial charge on any atom is 0.124 e. The largest absolute Gasteiger partial charge is 0.388 e. The summed E-state index contributed by atoms with van der Waals surface area (Å²) in [5, 5.41) is 22.7. The van der Waals surface area contributed by atoms with E-state index in [2.05, 4.69) is 72.9 Å². The fourth-order valence-corrected chi connectivity index (χ4v) is 5.31. The molecule has 0 amide bonds. The van der Waals surface area contributed by atoms with E-state index in [9.17, 15) is 10.2 Å². The molecule has 0 aliphatic carbocycles. The van der Waals surface area contributed by atoms with Crippen LogP contribution in [0, 0.1) is 5.41 Å². The first-order chi connectivity index (χ1) is 14.0. The molecule has 0 radical (unpaired) electrons. The van der Waals surface area contributed by atoms with Gasteiger partial charge in [-0.1, -0.05) is 45.0 Å². The Morgan fingerprint density at radius 3 is 2.23 bits per heavy atom. The second-order valence-corrected chi connectivity index (χ2v) is 10.3. The molecule has 2 aliphatic heterocycles. The van der Waals surface area contributed by atoms with Crippen LogP contribution in [0.4, 0.5) is 5.69 Å². The van der Waals surface area contributed by atoms with E-state index in [-0.39, 0.29) is 5.41 Å². The van der Waals surface area contributed by atoms with Crippen LogP contribution in [0.2, 0.25) is 0 Å². The second-order valence-electron chi connectivity index (χ2n) is 10.3. The molecule has 0 spiro atoms. The Morgan fingerprint density at radius 2 is 1.70 bits per heavy atom. The highest BCUT2D eigenvalue weighted by atomic mass is 16.3. The monoisotopic (exact) mass is 409 g/mol. The molecule has 162 valence electrons. The van der Waals surface area contributed by atoms with Crippen molar-refractivity contribution in [3.63, 3.8) is 0 Å². The maximum atomic E-state index is 12.3. The average Bonchev–Trinajstić information content (AvgIpc) is 3.06. The molecule has 0 bridgehead atoms. The summed E-state index contributed by atoms with van der Waals surface area (Å²) in [6.07, 6.45) is 4.38. The summed E-state index contributed by atoms with van der Waals surface area (Å²) in [7, 11) is 2.09. The minimum Gasteiger partial charge on any atom is -0.388 e. The summed E-state index contributed by atoms with van der Waals surface area (Å²) in [6, 6.07) is 10.5. The fourth-order valence-electron chi connectivity index (χ4n) is 5.31. The van der Waals surface area contributed by atoms with Crippen molar-refractivity contribution >= 4 is 5.69 Å². The zero-order valence-electron chi connectivity index (χ0n) is 18.9. The molecule has 30 heavy (non-hydrogen) atoms. The lowest BCUT2D eigenvalue weighted by molar-refractivity contribution is -0.127. The molecule has 5 heteroatoms. The van der Waals surface area contributed by atoms with Crippen molar-refractivity contribution in [3.8, 4) is 0 Å². The summed E-state index contributed by atoms with van der Waals surface area (Å²) in [5.74, 6) is 0.450. The van der Waals surface area contributed by atoms with Gasteiger partial charge in [-0.05, 0) is 43.5 Å². The van der Waals surface area contributed by atoms with Gasteiger partial charge >= 0.3 is 0 Å². The van der Waals surface area contributed by atoms with Crippen molar-refractivity contribution in [1.82, 2.24) is 9.88 Å². The van der Waals surface area contributed by atoms with Gasteiger partial charge in [-0.25, -0.2) is 0 Å². The van der Waals surface area contributed by atoms with Crippen LogP contribution in [0.1, 0.15) is 56.7 Å². The second kappa shape index (κ2) is 7.33. The Kier molecular flexibility index (Phi) is 5.20. The fraction of sp³-hybridized carbons (Fsp3) is 0.560. The Balaban J connectivity index is 1.77. The van der Waals surface area contributed by atoms with Gasteiger partial charge in [-0.15, -0.1) is 0 Å². The Morgan fingerprint density at radius 1 is 1.03 bits per heavy atom. The van der Waals surface area contributed by atoms with Crippen LogP contribution in [-0.4, -0.2) is 58.9 Å². The average molecular weight is 410 g/mol. The molecule has 2 atom stereocenters. The van der Waals surface area contributed by atoms with Gasteiger partial charge in [0.15, 0.2) is 0 Å². The summed E-state index contributed by atoms with van der Waals surface area (Å²) < 4.78 is 0. The van der Waals surface area contributed by atoms with E-state index in [1.165, 1.54) is 5.56 Å². The quantitative estimate of drug-likeness (QED) is 0.793. The smallest absolute Gasteiger partial charge is 0.124 e. The number of likely N-dealkylation sites (tertiary alicyclic amines) is 1. The van der Waals surface area contributed by atoms with Gasteiger partial charge in [0.25, 0.3) is 0 Å². The van der Waals surface area contributed by atoms with Crippen molar-refractivity contribution in [2.45, 2.75) is 51.2 Å². The van der Waals surface area contributed by atoms with Crippen LogP contribution in [0.25, 0.3) is 0 Å². The van der Waals surface area contributed by atoms with Gasteiger partial charge < -0.3 is 20.0 Å². The lowest BCUT2D eigenvalue weighted by atomic mass is 9.62. The molecular weight excluding hydrogens is 374 g/mol. The number of β-amino-alcohol motifs (C(OH)–C–C–N with tert-alkyl or cyclic N) is 1. The molecule has 1 aromatic heterocycles. The van der Waals surface area contributed by atoms with Gasteiger partial charge in [0.05, 0.1) is 17.5 Å². The molecule has 2 aromatic rings. The van der Waals surface area contributed by atoms with Crippen LogP contribution in [0.3, 0.4) is 0 Å². The lowest BCUT2D eigenvalue weighted by Gasteiger charge is -2.56. The van der Waals surface area contributed by atoms with Crippen LogP contribution in [0.15, 0.2) is 42.7 Å². The van der Waals surface area contributed by atoms with Gasteiger partial charge in [0.2, 0.25) is 0 Å². The number of hydrogen-bond donors (Lipinski definition) is 2. The summed E-state index contributed by atoms with van der Waals surface area (Å²) in [4.78, 5) is 8.91. The zero-order chi connectivity index (χ0) is 21.7. The highest BCUT2D eigenvalue weighted by molar-refractivity contribution is 5.52. The van der Waals surface area contributed by atoms with Crippen molar-refractivity contribution in [2.75, 3.05) is 38.1 Å². The third-order valence-electron chi connectivity index (χ3n) is 7.06. The number of nitrogens with zero attached hydrogens (tertiary/aromatic N) is 3.